The van der Waals surface area contributed by atoms with E-state index in [4.69, 9.17) is 0 Å². The fourth-order valence-electron chi connectivity index (χ4n) is 1.87. The number of carbonyl (C=O) groups is 2. The lowest BCUT2D eigenvalue weighted by atomic mass is 10.0. The zero-order valence-electron chi connectivity index (χ0n) is 9.79. The molecule has 15 heavy (non-hydrogen) atoms. The normalized spacial score (nSPS) is 17.3. The van der Waals surface area contributed by atoms with E-state index in [0.717, 1.165) is 25.8 Å². The highest BCUT2D eigenvalue weighted by Gasteiger charge is 2.20. The van der Waals surface area contributed by atoms with Gasteiger partial charge >= 0.3 is 0 Å². The minimum absolute atomic E-state index is 0.156. The van der Waals surface area contributed by atoms with E-state index >= 15 is 0 Å². The van der Waals surface area contributed by atoms with Crippen LogP contribution in [0.15, 0.2) is 0 Å². The second-order valence-electron chi connectivity index (χ2n) is 4.74. The molecule has 1 aliphatic rings. The van der Waals surface area contributed by atoms with Crippen LogP contribution >= 0.6 is 0 Å². The lowest BCUT2D eigenvalue weighted by molar-refractivity contribution is -0.137. The Morgan fingerprint density at radius 2 is 2.20 bits per heavy atom. The van der Waals surface area contributed by atoms with Gasteiger partial charge in [0.1, 0.15) is 0 Å². The van der Waals surface area contributed by atoms with E-state index in [1.165, 1.54) is 0 Å². The van der Waals surface area contributed by atoms with Crippen molar-refractivity contribution in [3.63, 3.8) is 0 Å². The molecule has 0 N–H and O–H groups in total. The van der Waals surface area contributed by atoms with Crippen molar-refractivity contribution in [2.45, 2.75) is 46.0 Å². The van der Waals surface area contributed by atoms with Gasteiger partial charge in [0.25, 0.3) is 0 Å². The van der Waals surface area contributed by atoms with E-state index in [1.54, 1.807) is 4.90 Å². The fraction of sp³-hybridized carbons (Fsp3) is 0.833. The molecular formula is C12H21NO2. The van der Waals surface area contributed by atoms with E-state index in [0.29, 0.717) is 25.3 Å². The number of nitrogens with zero attached hydrogens (tertiary/aromatic N) is 1. The molecule has 0 aromatic rings. The number of carbonyl (C=O) groups excluding carboxylic acids is 2. The molecule has 1 rings (SSSR count). The third kappa shape index (κ3) is 4.45. The molecule has 0 radical (unpaired) electrons. The van der Waals surface area contributed by atoms with Gasteiger partial charge in [-0.15, -0.1) is 0 Å². The number of likely N-dealkylation sites (tertiary alicyclic amines) is 1. The van der Waals surface area contributed by atoms with Crippen LogP contribution in [-0.2, 0) is 9.59 Å². The van der Waals surface area contributed by atoms with Gasteiger partial charge in [-0.1, -0.05) is 20.3 Å². The number of piperidine rings is 1. The molecule has 0 aromatic heterocycles. The maximum Gasteiger partial charge on any atom is 0.222 e. The zero-order chi connectivity index (χ0) is 11.3. The van der Waals surface area contributed by atoms with Crippen molar-refractivity contribution in [1.29, 1.82) is 0 Å². The van der Waals surface area contributed by atoms with Crippen molar-refractivity contribution in [3.8, 4) is 0 Å². The average Bonchev–Trinajstić information content (AvgIpc) is 2.17. The standard InChI is InChI=1S/C12H21NO2/c1-10(2)5-3-7-12(15)13-8-4-6-11(14)9-13/h10H,3-9H2,1-2H3. The molecule has 0 saturated carbocycles. The Morgan fingerprint density at radius 3 is 2.80 bits per heavy atom. The third-order valence-corrected chi connectivity index (χ3v) is 2.78. The van der Waals surface area contributed by atoms with Gasteiger partial charge in [0.05, 0.1) is 6.54 Å². The van der Waals surface area contributed by atoms with Crippen LogP contribution in [-0.4, -0.2) is 29.7 Å². The van der Waals surface area contributed by atoms with Gasteiger partial charge in [-0.25, -0.2) is 0 Å². The van der Waals surface area contributed by atoms with Gasteiger partial charge in [-0.05, 0) is 18.8 Å². The molecule has 86 valence electrons. The van der Waals surface area contributed by atoms with Gasteiger partial charge in [0.2, 0.25) is 5.91 Å². The molecule has 1 fully saturated rings. The lowest BCUT2D eigenvalue weighted by Gasteiger charge is -2.25. The van der Waals surface area contributed by atoms with Crippen molar-refractivity contribution in [1.82, 2.24) is 4.90 Å². The van der Waals surface area contributed by atoms with E-state index < -0.39 is 0 Å². The Bertz CT molecular complexity index is 236. The van der Waals surface area contributed by atoms with E-state index in [2.05, 4.69) is 13.8 Å². The highest BCUT2D eigenvalue weighted by Crippen LogP contribution is 2.11. The van der Waals surface area contributed by atoms with Crippen molar-refractivity contribution in [2.24, 2.45) is 5.92 Å². The first-order chi connectivity index (χ1) is 7.09. The predicted molar refractivity (Wildman–Crippen MR) is 59.5 cm³/mol. The smallest absolute Gasteiger partial charge is 0.222 e. The van der Waals surface area contributed by atoms with Gasteiger partial charge in [-0.2, -0.15) is 0 Å². The summed E-state index contributed by atoms with van der Waals surface area (Å²) >= 11 is 0. The first-order valence-corrected chi connectivity index (χ1v) is 5.89. The van der Waals surface area contributed by atoms with Crippen LogP contribution in [0.25, 0.3) is 0 Å². The Labute approximate surface area is 91.8 Å². The van der Waals surface area contributed by atoms with Crippen molar-refractivity contribution >= 4 is 11.7 Å². The van der Waals surface area contributed by atoms with Gasteiger partial charge in [0, 0.05) is 19.4 Å². The zero-order valence-corrected chi connectivity index (χ0v) is 9.79. The molecule has 3 heteroatoms. The minimum atomic E-state index is 0.156. The van der Waals surface area contributed by atoms with Crippen molar-refractivity contribution < 1.29 is 9.59 Å². The highest BCUT2D eigenvalue weighted by atomic mass is 16.2. The maximum atomic E-state index is 11.7. The molecule has 1 aliphatic heterocycles. The number of ketones is 1. The summed E-state index contributed by atoms with van der Waals surface area (Å²) in [5.74, 6) is 1.02. The average molecular weight is 211 g/mol. The van der Waals surface area contributed by atoms with Gasteiger partial charge in [0.15, 0.2) is 5.78 Å². The summed E-state index contributed by atoms with van der Waals surface area (Å²) in [7, 11) is 0. The molecule has 1 saturated heterocycles. The van der Waals surface area contributed by atoms with Crippen molar-refractivity contribution in [2.75, 3.05) is 13.1 Å². The second kappa shape index (κ2) is 5.89. The van der Waals surface area contributed by atoms with Crippen molar-refractivity contribution in [3.05, 3.63) is 0 Å². The van der Waals surface area contributed by atoms with Crippen LogP contribution in [0.3, 0.4) is 0 Å². The third-order valence-electron chi connectivity index (χ3n) is 2.78. The lowest BCUT2D eigenvalue weighted by Crippen LogP contribution is -2.40. The number of amides is 1. The van der Waals surface area contributed by atoms with E-state index in [1.807, 2.05) is 0 Å². The topological polar surface area (TPSA) is 37.4 Å². The predicted octanol–water partition coefficient (Wildman–Crippen LogP) is 2.00. The van der Waals surface area contributed by atoms with Crippen LogP contribution in [0.5, 0.6) is 0 Å². The summed E-state index contributed by atoms with van der Waals surface area (Å²) in [6.07, 6.45) is 4.13. The molecule has 0 aromatic carbocycles. The first kappa shape index (κ1) is 12.2. The van der Waals surface area contributed by atoms with Gasteiger partial charge < -0.3 is 4.90 Å². The van der Waals surface area contributed by atoms with E-state index in [-0.39, 0.29) is 11.7 Å². The monoisotopic (exact) mass is 211 g/mol. The summed E-state index contributed by atoms with van der Waals surface area (Å²) in [5.41, 5.74) is 0. The molecule has 0 atom stereocenters. The molecular weight excluding hydrogens is 190 g/mol. The number of hydrogen-bond acceptors (Lipinski definition) is 2. The van der Waals surface area contributed by atoms with Crippen LogP contribution in [0, 0.1) is 5.92 Å². The molecule has 1 heterocycles. The second-order valence-corrected chi connectivity index (χ2v) is 4.74. The summed E-state index contributed by atoms with van der Waals surface area (Å²) < 4.78 is 0. The van der Waals surface area contributed by atoms with Gasteiger partial charge in [-0.3, -0.25) is 9.59 Å². The van der Waals surface area contributed by atoms with Crippen LogP contribution in [0.4, 0.5) is 0 Å². The molecule has 0 aliphatic carbocycles. The summed E-state index contributed by atoms with van der Waals surface area (Å²) in [4.78, 5) is 24.6. The highest BCUT2D eigenvalue weighted by molar-refractivity contribution is 5.87. The Balaban J connectivity index is 2.24. The van der Waals surface area contributed by atoms with Crippen LogP contribution in [0.1, 0.15) is 46.0 Å². The summed E-state index contributed by atoms with van der Waals surface area (Å²) in [6.45, 7) is 5.44. The Kier molecular flexibility index (Phi) is 4.79. The largest absolute Gasteiger partial charge is 0.335 e. The Morgan fingerprint density at radius 1 is 1.47 bits per heavy atom. The molecule has 0 spiro atoms. The van der Waals surface area contributed by atoms with Crippen LogP contribution in [0.2, 0.25) is 0 Å². The summed E-state index contributed by atoms with van der Waals surface area (Å²) in [5, 5.41) is 0. The summed E-state index contributed by atoms with van der Waals surface area (Å²) in [6, 6.07) is 0. The van der Waals surface area contributed by atoms with Crippen LogP contribution < -0.4 is 0 Å². The first-order valence-electron chi connectivity index (χ1n) is 5.89. The number of Topliss-reactive ketones (excluding diaryl/α,β-unsaturated/α-hetero) is 1. The number of hydrogen-bond donors (Lipinski definition) is 0. The Hall–Kier alpha value is -0.860. The number of rotatable bonds is 4. The fourth-order valence-corrected chi connectivity index (χ4v) is 1.87. The maximum absolute atomic E-state index is 11.7. The molecule has 1 amide bonds. The SMILES string of the molecule is CC(C)CCCC(=O)N1CCCC(=O)C1. The minimum Gasteiger partial charge on any atom is -0.335 e. The quantitative estimate of drug-likeness (QED) is 0.713. The molecule has 0 bridgehead atoms. The van der Waals surface area contributed by atoms with E-state index in [9.17, 15) is 9.59 Å². The molecule has 0 unspecified atom stereocenters. The molecule has 3 nitrogen and oxygen atoms in total.